The van der Waals surface area contributed by atoms with Gasteiger partial charge in [-0.15, -0.1) is 0 Å². The van der Waals surface area contributed by atoms with Crippen LogP contribution in [-0.4, -0.2) is 44.5 Å². The van der Waals surface area contributed by atoms with Crippen LogP contribution in [0.25, 0.3) is 0 Å². The maximum Gasteiger partial charge on any atom is 0.221 e. The number of anilines is 1. The lowest BCUT2D eigenvalue weighted by Gasteiger charge is -2.11. The molecule has 5 heteroatoms. The summed E-state index contributed by atoms with van der Waals surface area (Å²) < 4.78 is 0. The Labute approximate surface area is 114 Å². The molecule has 0 aliphatic carbocycles. The first kappa shape index (κ1) is 15.0. The van der Waals surface area contributed by atoms with Gasteiger partial charge in [-0.3, -0.25) is 4.79 Å². The molecule has 1 aromatic rings. The summed E-state index contributed by atoms with van der Waals surface area (Å²) in [5.74, 6) is 0.0174. The predicted molar refractivity (Wildman–Crippen MR) is 75.8 cm³/mol. The molecule has 0 atom stereocenters. The number of hydrogen-bond acceptors (Lipinski definition) is 4. The number of amides is 1. The van der Waals surface area contributed by atoms with Gasteiger partial charge in [-0.25, -0.2) is 0 Å². The summed E-state index contributed by atoms with van der Waals surface area (Å²) in [5, 5.41) is 14.9. The highest BCUT2D eigenvalue weighted by atomic mass is 16.1. The van der Waals surface area contributed by atoms with Crippen LogP contribution in [0.1, 0.15) is 12.0 Å². The number of carbonyl (C=O) groups is 1. The molecule has 2 N–H and O–H groups in total. The minimum absolute atomic E-state index is 0.0174. The van der Waals surface area contributed by atoms with Crippen molar-refractivity contribution in [1.29, 1.82) is 5.26 Å². The van der Waals surface area contributed by atoms with E-state index in [1.54, 1.807) is 6.07 Å². The number of hydrogen-bond donors (Lipinski definition) is 2. The third-order valence-electron chi connectivity index (χ3n) is 2.60. The highest BCUT2D eigenvalue weighted by molar-refractivity contribution is 5.76. The molecule has 1 amide bonds. The Kier molecular flexibility index (Phi) is 6.41. The molecular weight excluding hydrogens is 240 g/mol. The van der Waals surface area contributed by atoms with Crippen molar-refractivity contribution in [2.45, 2.75) is 6.42 Å². The lowest BCUT2D eigenvalue weighted by Crippen LogP contribution is -2.32. The Bertz CT molecular complexity index is 451. The Morgan fingerprint density at radius 2 is 2.05 bits per heavy atom. The standard InChI is InChI=1S/C14H20N4O/c1-18(2)10-9-17-14(19)7-8-16-13-6-4-3-5-12(13)11-15/h3-6,16H,7-10H2,1-2H3,(H,17,19). The number of benzene rings is 1. The molecule has 0 saturated heterocycles. The second kappa shape index (κ2) is 8.11. The maximum atomic E-state index is 11.5. The van der Waals surface area contributed by atoms with Crippen LogP contribution in [0.4, 0.5) is 5.69 Å². The number of nitrogens with zero attached hydrogens (tertiary/aromatic N) is 2. The average molecular weight is 260 g/mol. The molecule has 0 aliphatic rings. The monoisotopic (exact) mass is 260 g/mol. The summed E-state index contributed by atoms with van der Waals surface area (Å²) in [4.78, 5) is 13.6. The summed E-state index contributed by atoms with van der Waals surface area (Å²) >= 11 is 0. The van der Waals surface area contributed by atoms with Crippen LogP contribution in [0.3, 0.4) is 0 Å². The van der Waals surface area contributed by atoms with E-state index in [9.17, 15) is 4.79 Å². The number of likely N-dealkylation sites (N-methyl/N-ethyl adjacent to an activating group) is 1. The van der Waals surface area contributed by atoms with E-state index in [1.807, 2.05) is 37.2 Å². The summed E-state index contributed by atoms with van der Waals surface area (Å²) in [6.07, 6.45) is 0.396. The number of para-hydroxylation sites is 1. The lowest BCUT2D eigenvalue weighted by molar-refractivity contribution is -0.120. The SMILES string of the molecule is CN(C)CCNC(=O)CCNc1ccccc1C#N. The number of carbonyl (C=O) groups excluding carboxylic acids is 1. The van der Waals surface area contributed by atoms with E-state index in [4.69, 9.17) is 5.26 Å². The first-order chi connectivity index (χ1) is 9.13. The van der Waals surface area contributed by atoms with E-state index in [2.05, 4.69) is 16.7 Å². The van der Waals surface area contributed by atoms with Gasteiger partial charge in [-0.2, -0.15) is 5.26 Å². The van der Waals surface area contributed by atoms with Gasteiger partial charge in [-0.1, -0.05) is 12.1 Å². The van der Waals surface area contributed by atoms with E-state index in [-0.39, 0.29) is 5.91 Å². The van der Waals surface area contributed by atoms with Gasteiger partial charge in [0, 0.05) is 26.1 Å². The largest absolute Gasteiger partial charge is 0.383 e. The van der Waals surface area contributed by atoms with E-state index in [1.165, 1.54) is 0 Å². The highest BCUT2D eigenvalue weighted by Crippen LogP contribution is 2.12. The van der Waals surface area contributed by atoms with Crippen molar-refractivity contribution in [3.05, 3.63) is 29.8 Å². The fraction of sp³-hybridized carbons (Fsp3) is 0.429. The van der Waals surface area contributed by atoms with Crippen LogP contribution in [0.5, 0.6) is 0 Å². The number of rotatable bonds is 7. The summed E-state index contributed by atoms with van der Waals surface area (Å²) in [5.41, 5.74) is 1.36. The molecule has 0 aromatic heterocycles. The zero-order valence-corrected chi connectivity index (χ0v) is 11.4. The third-order valence-corrected chi connectivity index (χ3v) is 2.60. The van der Waals surface area contributed by atoms with Crippen molar-refractivity contribution in [3.8, 4) is 6.07 Å². The Balaban J connectivity index is 2.27. The van der Waals surface area contributed by atoms with Crippen LogP contribution in [0, 0.1) is 11.3 Å². The van der Waals surface area contributed by atoms with Crippen molar-refractivity contribution in [1.82, 2.24) is 10.2 Å². The van der Waals surface area contributed by atoms with E-state index in [0.29, 0.717) is 25.1 Å². The molecule has 0 unspecified atom stereocenters. The van der Waals surface area contributed by atoms with Crippen molar-refractivity contribution in [3.63, 3.8) is 0 Å². The summed E-state index contributed by atoms with van der Waals surface area (Å²) in [6.45, 7) is 2.00. The second-order valence-electron chi connectivity index (χ2n) is 4.49. The van der Waals surface area contributed by atoms with Crippen molar-refractivity contribution >= 4 is 11.6 Å². The van der Waals surface area contributed by atoms with Gasteiger partial charge in [-0.05, 0) is 26.2 Å². The molecule has 0 saturated carbocycles. The molecule has 0 aliphatic heterocycles. The molecule has 0 radical (unpaired) electrons. The van der Waals surface area contributed by atoms with E-state index >= 15 is 0 Å². The van der Waals surface area contributed by atoms with Crippen molar-refractivity contribution < 1.29 is 4.79 Å². The van der Waals surface area contributed by atoms with Crippen LogP contribution in [-0.2, 0) is 4.79 Å². The van der Waals surface area contributed by atoms with Gasteiger partial charge < -0.3 is 15.5 Å². The predicted octanol–water partition coefficient (Wildman–Crippen LogP) is 1.04. The molecule has 5 nitrogen and oxygen atoms in total. The van der Waals surface area contributed by atoms with Crippen molar-refractivity contribution in [2.75, 3.05) is 39.0 Å². The first-order valence-electron chi connectivity index (χ1n) is 6.28. The minimum Gasteiger partial charge on any atom is -0.383 e. The van der Waals surface area contributed by atoms with Gasteiger partial charge in [0.25, 0.3) is 0 Å². The topological polar surface area (TPSA) is 68.2 Å². The fourth-order valence-electron chi connectivity index (χ4n) is 1.55. The van der Waals surface area contributed by atoms with Gasteiger partial charge >= 0.3 is 0 Å². The third kappa shape index (κ3) is 5.89. The zero-order valence-electron chi connectivity index (χ0n) is 11.4. The van der Waals surface area contributed by atoms with E-state index in [0.717, 1.165) is 12.2 Å². The van der Waals surface area contributed by atoms with Gasteiger partial charge in [0.1, 0.15) is 6.07 Å². The zero-order chi connectivity index (χ0) is 14.1. The maximum absolute atomic E-state index is 11.5. The van der Waals surface area contributed by atoms with Crippen LogP contribution in [0.15, 0.2) is 24.3 Å². The number of nitriles is 1. The molecule has 0 bridgehead atoms. The quantitative estimate of drug-likeness (QED) is 0.768. The summed E-state index contributed by atoms with van der Waals surface area (Å²) in [6, 6.07) is 9.38. The Morgan fingerprint density at radius 1 is 1.32 bits per heavy atom. The first-order valence-corrected chi connectivity index (χ1v) is 6.28. The van der Waals surface area contributed by atoms with Crippen LogP contribution < -0.4 is 10.6 Å². The lowest BCUT2D eigenvalue weighted by atomic mass is 10.2. The normalized spacial score (nSPS) is 10.0. The van der Waals surface area contributed by atoms with Crippen molar-refractivity contribution in [2.24, 2.45) is 0 Å². The summed E-state index contributed by atoms with van der Waals surface area (Å²) in [7, 11) is 3.93. The molecule has 1 rings (SSSR count). The average Bonchev–Trinajstić information content (AvgIpc) is 2.39. The van der Waals surface area contributed by atoms with Crippen LogP contribution >= 0.6 is 0 Å². The Hall–Kier alpha value is -2.06. The van der Waals surface area contributed by atoms with E-state index < -0.39 is 0 Å². The smallest absolute Gasteiger partial charge is 0.221 e. The fourth-order valence-corrected chi connectivity index (χ4v) is 1.55. The van der Waals surface area contributed by atoms with Crippen LogP contribution in [0.2, 0.25) is 0 Å². The minimum atomic E-state index is 0.0174. The van der Waals surface area contributed by atoms with Gasteiger partial charge in [0.05, 0.1) is 11.3 Å². The molecule has 0 spiro atoms. The molecule has 19 heavy (non-hydrogen) atoms. The molecule has 1 aromatic carbocycles. The van der Waals surface area contributed by atoms with Gasteiger partial charge in [0.15, 0.2) is 0 Å². The molecule has 0 fully saturated rings. The molecular formula is C14H20N4O. The molecule has 102 valence electrons. The molecule has 0 heterocycles. The second-order valence-corrected chi connectivity index (χ2v) is 4.49. The number of nitrogens with one attached hydrogen (secondary N) is 2. The Morgan fingerprint density at radius 3 is 2.74 bits per heavy atom. The van der Waals surface area contributed by atoms with Gasteiger partial charge in [0.2, 0.25) is 5.91 Å². The highest BCUT2D eigenvalue weighted by Gasteiger charge is 2.03.